The fourth-order valence-corrected chi connectivity index (χ4v) is 6.11. The molecule has 0 amide bonds. The van der Waals surface area contributed by atoms with E-state index in [4.69, 9.17) is 9.47 Å². The van der Waals surface area contributed by atoms with Gasteiger partial charge in [-0.15, -0.1) is 0 Å². The topological polar surface area (TPSA) is 72.8 Å². The van der Waals surface area contributed by atoms with E-state index in [1.807, 2.05) is 0 Å². The van der Waals surface area contributed by atoms with Crippen molar-refractivity contribution >= 4 is 11.9 Å². The molecule has 0 aliphatic rings. The summed E-state index contributed by atoms with van der Waals surface area (Å²) in [5.74, 6) is -0.595. The van der Waals surface area contributed by atoms with Crippen LogP contribution in [-0.4, -0.2) is 36.4 Å². The Hall–Kier alpha value is -1.88. The largest absolute Gasteiger partial charge is 0.462 e. The second-order valence-corrected chi connectivity index (χ2v) is 14.4. The van der Waals surface area contributed by atoms with E-state index in [0.29, 0.717) is 12.8 Å². The summed E-state index contributed by atoms with van der Waals surface area (Å²) in [6.07, 6.45) is 50.6. The van der Waals surface area contributed by atoms with E-state index in [-0.39, 0.29) is 25.2 Å². The number of hydrogen-bond donors (Lipinski definition) is 1. The molecule has 0 aliphatic carbocycles. The predicted molar refractivity (Wildman–Crippen MR) is 214 cm³/mol. The molecule has 292 valence electrons. The minimum Gasteiger partial charge on any atom is -0.462 e. The molecular formula is C45H82O5. The number of ether oxygens (including phenoxy) is 2. The molecule has 1 unspecified atom stereocenters. The standard InChI is InChI=1S/C45H82O5/c1-3-5-7-9-11-13-15-17-19-21-22-24-25-27-29-31-33-35-37-39-44(47)49-42-43(41-46)50-45(48)40-38-36-34-32-30-28-26-23-20-18-16-14-12-10-8-6-4-2/h11,13,17-20,43,46H,3-10,12,14-16,21-42H2,1-2H3. The molecule has 0 radical (unpaired) electrons. The molecule has 1 atom stereocenters. The van der Waals surface area contributed by atoms with Gasteiger partial charge in [-0.3, -0.25) is 9.59 Å². The molecule has 0 saturated heterocycles. The van der Waals surface area contributed by atoms with Crippen LogP contribution in [0, 0.1) is 0 Å². The number of allylic oxidation sites excluding steroid dienone is 6. The summed E-state index contributed by atoms with van der Waals surface area (Å²) in [6.45, 7) is 4.11. The fourth-order valence-electron chi connectivity index (χ4n) is 6.11. The molecule has 0 saturated carbocycles. The van der Waals surface area contributed by atoms with Crippen molar-refractivity contribution in [3.05, 3.63) is 36.5 Å². The third-order valence-corrected chi connectivity index (χ3v) is 9.41. The summed E-state index contributed by atoms with van der Waals surface area (Å²) in [4.78, 5) is 24.3. The average Bonchev–Trinajstić information content (AvgIpc) is 3.12. The molecule has 0 aliphatic heterocycles. The van der Waals surface area contributed by atoms with Gasteiger partial charge in [0.15, 0.2) is 6.10 Å². The van der Waals surface area contributed by atoms with Gasteiger partial charge in [0.2, 0.25) is 0 Å². The van der Waals surface area contributed by atoms with Gasteiger partial charge >= 0.3 is 11.9 Å². The molecular weight excluding hydrogens is 620 g/mol. The normalized spacial score (nSPS) is 12.5. The highest BCUT2D eigenvalue weighted by atomic mass is 16.6. The van der Waals surface area contributed by atoms with Crippen molar-refractivity contribution in [3.8, 4) is 0 Å². The first-order valence-electron chi connectivity index (χ1n) is 21.5. The number of aliphatic hydroxyl groups excluding tert-OH is 1. The summed E-state index contributed by atoms with van der Waals surface area (Å²) >= 11 is 0. The van der Waals surface area contributed by atoms with Crippen LogP contribution in [0.4, 0.5) is 0 Å². The van der Waals surface area contributed by atoms with E-state index in [2.05, 4.69) is 50.3 Å². The van der Waals surface area contributed by atoms with Gasteiger partial charge in [0, 0.05) is 12.8 Å². The van der Waals surface area contributed by atoms with Crippen LogP contribution in [0.2, 0.25) is 0 Å². The summed E-state index contributed by atoms with van der Waals surface area (Å²) in [5, 5.41) is 9.58. The Morgan fingerprint density at radius 1 is 0.460 bits per heavy atom. The maximum absolute atomic E-state index is 12.2. The van der Waals surface area contributed by atoms with Crippen LogP contribution >= 0.6 is 0 Å². The first-order chi connectivity index (χ1) is 24.6. The third-order valence-electron chi connectivity index (χ3n) is 9.41. The van der Waals surface area contributed by atoms with Gasteiger partial charge in [0.1, 0.15) is 6.61 Å². The summed E-state index contributed by atoms with van der Waals surface area (Å²) in [5.41, 5.74) is 0. The number of aliphatic hydroxyl groups is 1. The van der Waals surface area contributed by atoms with E-state index in [1.165, 1.54) is 148 Å². The molecule has 0 bridgehead atoms. The molecule has 0 fully saturated rings. The van der Waals surface area contributed by atoms with Gasteiger partial charge in [0.25, 0.3) is 0 Å². The van der Waals surface area contributed by atoms with Crippen LogP contribution in [0.1, 0.15) is 219 Å². The number of rotatable bonds is 39. The Kier molecular flexibility index (Phi) is 40.0. The molecule has 0 aromatic carbocycles. The van der Waals surface area contributed by atoms with Crippen LogP contribution < -0.4 is 0 Å². The molecule has 0 heterocycles. The van der Waals surface area contributed by atoms with E-state index in [1.54, 1.807) is 0 Å². The van der Waals surface area contributed by atoms with Gasteiger partial charge in [-0.05, 0) is 70.6 Å². The molecule has 5 nitrogen and oxygen atoms in total. The average molecular weight is 703 g/mol. The Labute approximate surface area is 310 Å². The maximum atomic E-state index is 12.2. The highest BCUT2D eigenvalue weighted by molar-refractivity contribution is 5.70. The van der Waals surface area contributed by atoms with Crippen LogP contribution in [0.3, 0.4) is 0 Å². The summed E-state index contributed by atoms with van der Waals surface area (Å²) in [7, 11) is 0. The van der Waals surface area contributed by atoms with Crippen molar-refractivity contribution in [2.45, 2.75) is 225 Å². The highest BCUT2D eigenvalue weighted by Crippen LogP contribution is 2.14. The summed E-state index contributed by atoms with van der Waals surface area (Å²) < 4.78 is 10.6. The monoisotopic (exact) mass is 703 g/mol. The number of esters is 2. The molecule has 0 aromatic heterocycles. The third kappa shape index (κ3) is 38.9. The van der Waals surface area contributed by atoms with Crippen molar-refractivity contribution in [2.75, 3.05) is 13.2 Å². The van der Waals surface area contributed by atoms with Crippen LogP contribution in [0.25, 0.3) is 0 Å². The van der Waals surface area contributed by atoms with Crippen molar-refractivity contribution < 1.29 is 24.2 Å². The summed E-state index contributed by atoms with van der Waals surface area (Å²) in [6, 6.07) is 0. The van der Waals surface area contributed by atoms with E-state index in [9.17, 15) is 14.7 Å². The molecule has 50 heavy (non-hydrogen) atoms. The molecule has 1 N–H and O–H groups in total. The smallest absolute Gasteiger partial charge is 0.306 e. The molecule has 0 aromatic rings. The SMILES string of the molecule is CCCCCC=CCC=CCCCCCCCCCCCC(=O)OCC(CO)OC(=O)CCCCCCCCCC=CCCCCCCCC. The number of hydrogen-bond acceptors (Lipinski definition) is 5. The number of carbonyl (C=O) groups is 2. The van der Waals surface area contributed by atoms with Crippen LogP contribution in [0.5, 0.6) is 0 Å². The Bertz CT molecular complexity index is 801. The van der Waals surface area contributed by atoms with Gasteiger partial charge in [-0.2, -0.15) is 0 Å². The Balaban J connectivity index is 3.54. The fraction of sp³-hybridized carbons (Fsp3) is 0.822. The van der Waals surface area contributed by atoms with Gasteiger partial charge in [-0.1, -0.05) is 172 Å². The highest BCUT2D eigenvalue weighted by Gasteiger charge is 2.16. The lowest BCUT2D eigenvalue weighted by Gasteiger charge is -2.15. The van der Waals surface area contributed by atoms with Gasteiger partial charge in [0.05, 0.1) is 6.61 Å². The first kappa shape index (κ1) is 48.1. The molecule has 5 heteroatoms. The van der Waals surface area contributed by atoms with Crippen molar-refractivity contribution in [1.82, 2.24) is 0 Å². The van der Waals surface area contributed by atoms with Gasteiger partial charge < -0.3 is 14.6 Å². The van der Waals surface area contributed by atoms with Crippen LogP contribution in [-0.2, 0) is 19.1 Å². The second kappa shape index (κ2) is 41.5. The Morgan fingerprint density at radius 3 is 1.24 bits per heavy atom. The lowest BCUT2D eigenvalue weighted by atomic mass is 10.1. The van der Waals surface area contributed by atoms with E-state index >= 15 is 0 Å². The maximum Gasteiger partial charge on any atom is 0.306 e. The van der Waals surface area contributed by atoms with E-state index < -0.39 is 6.10 Å². The van der Waals surface area contributed by atoms with E-state index in [0.717, 1.165) is 44.9 Å². The molecule has 0 rings (SSSR count). The minimum absolute atomic E-state index is 0.0682. The lowest BCUT2D eigenvalue weighted by molar-refractivity contribution is -0.161. The van der Waals surface area contributed by atoms with Crippen molar-refractivity contribution in [3.63, 3.8) is 0 Å². The number of carbonyl (C=O) groups excluding carboxylic acids is 2. The number of unbranched alkanes of at least 4 members (excludes halogenated alkanes) is 25. The van der Waals surface area contributed by atoms with Crippen LogP contribution in [0.15, 0.2) is 36.5 Å². The minimum atomic E-state index is -0.774. The zero-order valence-electron chi connectivity index (χ0n) is 33.2. The van der Waals surface area contributed by atoms with Crippen molar-refractivity contribution in [2.24, 2.45) is 0 Å². The molecule has 0 spiro atoms. The predicted octanol–water partition coefficient (Wildman–Crippen LogP) is 13.6. The quantitative estimate of drug-likeness (QED) is 0.0392. The zero-order valence-corrected chi connectivity index (χ0v) is 33.2. The Morgan fingerprint density at radius 2 is 0.800 bits per heavy atom. The first-order valence-corrected chi connectivity index (χ1v) is 21.5. The van der Waals surface area contributed by atoms with Gasteiger partial charge in [-0.25, -0.2) is 0 Å². The zero-order chi connectivity index (χ0) is 36.4. The lowest BCUT2D eigenvalue weighted by Crippen LogP contribution is -2.28. The second-order valence-electron chi connectivity index (χ2n) is 14.4. The van der Waals surface area contributed by atoms with Crippen molar-refractivity contribution in [1.29, 1.82) is 0 Å².